The predicted octanol–water partition coefficient (Wildman–Crippen LogP) is 1.26. The minimum Gasteiger partial charge on any atom is -0.291 e. The molecular weight excluding hydrogens is 140 g/mol. The van der Waals surface area contributed by atoms with Crippen molar-refractivity contribution in [2.45, 2.75) is 6.92 Å². The molecule has 2 heteroatoms. The Labute approximate surface area is 64.8 Å². The highest BCUT2D eigenvalue weighted by atomic mass is 16.2. The molecule has 0 aliphatic rings. The Bertz CT molecular complexity index is 275. The lowest BCUT2D eigenvalue weighted by Crippen LogP contribution is -2.09. The lowest BCUT2D eigenvalue weighted by molar-refractivity contribution is -0.113. The topological polar surface area (TPSA) is 34.1 Å². The Kier molecular flexibility index (Phi) is 2.16. The van der Waals surface area contributed by atoms with Crippen LogP contribution in [-0.2, 0) is 4.79 Å². The van der Waals surface area contributed by atoms with E-state index in [0.717, 1.165) is 0 Å². The number of carbonyl (C=O) groups excluding carboxylic acids is 2. The number of Topliss-reactive ketones (excluding diaryl/α,β-unsaturated/α-hetero) is 2. The number of carbonyl (C=O) groups is 2. The maximum atomic E-state index is 11.0. The quantitative estimate of drug-likeness (QED) is 0.466. The minimum absolute atomic E-state index is 0.333. The molecule has 1 aromatic carbocycles. The summed E-state index contributed by atoms with van der Waals surface area (Å²) in [5, 5.41) is 0. The van der Waals surface area contributed by atoms with Crippen molar-refractivity contribution in [3.63, 3.8) is 0 Å². The van der Waals surface area contributed by atoms with Crippen molar-refractivity contribution in [2.75, 3.05) is 0 Å². The summed E-state index contributed by atoms with van der Waals surface area (Å²) >= 11 is 0. The Morgan fingerprint density at radius 1 is 1.36 bits per heavy atom. The molecule has 0 aliphatic heterocycles. The molecule has 0 aromatic heterocycles. The third kappa shape index (κ3) is 1.74. The molecule has 1 radical (unpaired) electrons. The van der Waals surface area contributed by atoms with Gasteiger partial charge < -0.3 is 0 Å². The van der Waals surface area contributed by atoms with E-state index in [-0.39, 0.29) is 0 Å². The SMILES string of the molecule is CC(=O)C(=O)c1[c]cccc1. The first-order valence-corrected chi connectivity index (χ1v) is 3.24. The van der Waals surface area contributed by atoms with Crippen molar-refractivity contribution >= 4 is 11.6 Å². The zero-order chi connectivity index (χ0) is 8.27. The van der Waals surface area contributed by atoms with Gasteiger partial charge in [-0.15, -0.1) is 0 Å². The van der Waals surface area contributed by atoms with E-state index in [9.17, 15) is 9.59 Å². The maximum absolute atomic E-state index is 11.0. The number of hydrogen-bond donors (Lipinski definition) is 0. The fourth-order valence-corrected chi connectivity index (χ4v) is 0.724. The molecule has 2 nitrogen and oxygen atoms in total. The highest BCUT2D eigenvalue weighted by Gasteiger charge is 2.09. The molecule has 0 saturated carbocycles. The molecule has 0 N–H and O–H groups in total. The smallest absolute Gasteiger partial charge is 0.228 e. The van der Waals surface area contributed by atoms with E-state index in [1.807, 2.05) is 0 Å². The summed E-state index contributed by atoms with van der Waals surface area (Å²) < 4.78 is 0. The van der Waals surface area contributed by atoms with Crippen LogP contribution in [0, 0.1) is 6.07 Å². The van der Waals surface area contributed by atoms with E-state index in [1.54, 1.807) is 24.3 Å². The van der Waals surface area contributed by atoms with Gasteiger partial charge in [0.05, 0.1) is 0 Å². The van der Waals surface area contributed by atoms with Crippen LogP contribution in [0.4, 0.5) is 0 Å². The van der Waals surface area contributed by atoms with Gasteiger partial charge in [-0.1, -0.05) is 24.3 Å². The van der Waals surface area contributed by atoms with Gasteiger partial charge in [-0.05, 0) is 6.07 Å². The van der Waals surface area contributed by atoms with Crippen LogP contribution in [0.15, 0.2) is 24.3 Å². The van der Waals surface area contributed by atoms with Gasteiger partial charge in [-0.3, -0.25) is 9.59 Å². The van der Waals surface area contributed by atoms with Crippen molar-refractivity contribution in [1.29, 1.82) is 0 Å². The average Bonchev–Trinajstić information content (AvgIpc) is 2.05. The molecule has 0 atom stereocenters. The molecule has 0 heterocycles. The van der Waals surface area contributed by atoms with Crippen molar-refractivity contribution in [2.24, 2.45) is 0 Å². The van der Waals surface area contributed by atoms with Crippen molar-refractivity contribution in [3.05, 3.63) is 35.9 Å². The van der Waals surface area contributed by atoms with Crippen LogP contribution in [0.5, 0.6) is 0 Å². The van der Waals surface area contributed by atoms with Gasteiger partial charge in [-0.25, -0.2) is 0 Å². The van der Waals surface area contributed by atoms with Gasteiger partial charge in [0.2, 0.25) is 5.78 Å². The molecule has 11 heavy (non-hydrogen) atoms. The van der Waals surface area contributed by atoms with Crippen LogP contribution in [0.25, 0.3) is 0 Å². The number of ketones is 2. The largest absolute Gasteiger partial charge is 0.291 e. The highest BCUT2D eigenvalue weighted by molar-refractivity contribution is 6.42. The van der Waals surface area contributed by atoms with E-state index in [0.29, 0.717) is 5.56 Å². The fourth-order valence-electron chi connectivity index (χ4n) is 0.724. The lowest BCUT2D eigenvalue weighted by atomic mass is 10.1. The number of rotatable bonds is 2. The molecule has 0 bridgehead atoms. The van der Waals surface area contributed by atoms with Crippen LogP contribution in [-0.4, -0.2) is 11.6 Å². The Hall–Kier alpha value is -1.44. The second kappa shape index (κ2) is 3.10. The molecule has 0 amide bonds. The van der Waals surface area contributed by atoms with Crippen LogP contribution in [0.1, 0.15) is 17.3 Å². The first-order chi connectivity index (χ1) is 5.22. The molecule has 0 unspecified atom stereocenters. The normalized spacial score (nSPS) is 9.18. The Morgan fingerprint density at radius 2 is 2.09 bits per heavy atom. The van der Waals surface area contributed by atoms with Gasteiger partial charge in [0, 0.05) is 12.5 Å². The lowest BCUT2D eigenvalue weighted by Gasteiger charge is -1.92. The van der Waals surface area contributed by atoms with Gasteiger partial charge >= 0.3 is 0 Å². The molecule has 1 aromatic rings. The third-order valence-corrected chi connectivity index (χ3v) is 1.27. The first kappa shape index (κ1) is 7.66. The monoisotopic (exact) mass is 147 g/mol. The van der Waals surface area contributed by atoms with Crippen LogP contribution < -0.4 is 0 Å². The molecule has 0 aliphatic carbocycles. The van der Waals surface area contributed by atoms with Crippen LogP contribution >= 0.6 is 0 Å². The summed E-state index contributed by atoms with van der Waals surface area (Å²) in [7, 11) is 0. The summed E-state index contributed by atoms with van der Waals surface area (Å²) in [5.41, 5.74) is 0.333. The van der Waals surface area contributed by atoms with Gasteiger partial charge in [-0.2, -0.15) is 0 Å². The average molecular weight is 147 g/mol. The summed E-state index contributed by atoms with van der Waals surface area (Å²) in [5.74, 6) is -0.932. The summed E-state index contributed by atoms with van der Waals surface area (Å²) in [6, 6.07) is 9.31. The van der Waals surface area contributed by atoms with Crippen LogP contribution in [0.3, 0.4) is 0 Å². The number of hydrogen-bond acceptors (Lipinski definition) is 2. The zero-order valence-corrected chi connectivity index (χ0v) is 6.13. The maximum Gasteiger partial charge on any atom is 0.228 e. The predicted molar refractivity (Wildman–Crippen MR) is 40.3 cm³/mol. The minimum atomic E-state index is -0.481. The second-order valence-corrected chi connectivity index (χ2v) is 2.16. The van der Waals surface area contributed by atoms with E-state index in [2.05, 4.69) is 6.07 Å². The second-order valence-electron chi connectivity index (χ2n) is 2.16. The van der Waals surface area contributed by atoms with Gasteiger partial charge in [0.25, 0.3) is 0 Å². The molecule has 55 valence electrons. The highest BCUT2D eigenvalue weighted by Crippen LogP contribution is 1.98. The molecule has 0 fully saturated rings. The van der Waals surface area contributed by atoms with Gasteiger partial charge in [0.1, 0.15) is 0 Å². The van der Waals surface area contributed by atoms with E-state index >= 15 is 0 Å². The van der Waals surface area contributed by atoms with Crippen molar-refractivity contribution in [3.8, 4) is 0 Å². The Balaban J connectivity index is 2.95. The van der Waals surface area contributed by atoms with E-state index in [4.69, 9.17) is 0 Å². The first-order valence-electron chi connectivity index (χ1n) is 3.24. The van der Waals surface area contributed by atoms with Crippen molar-refractivity contribution < 1.29 is 9.59 Å². The van der Waals surface area contributed by atoms with Crippen LogP contribution in [0.2, 0.25) is 0 Å². The molecule has 1 rings (SSSR count). The fraction of sp³-hybridized carbons (Fsp3) is 0.111. The van der Waals surface area contributed by atoms with E-state index in [1.165, 1.54) is 6.92 Å². The van der Waals surface area contributed by atoms with Crippen molar-refractivity contribution in [1.82, 2.24) is 0 Å². The third-order valence-electron chi connectivity index (χ3n) is 1.27. The van der Waals surface area contributed by atoms with Gasteiger partial charge in [0.15, 0.2) is 5.78 Å². The molecule has 0 spiro atoms. The summed E-state index contributed by atoms with van der Waals surface area (Å²) in [6.07, 6.45) is 0. The molecule has 0 saturated heterocycles. The summed E-state index contributed by atoms with van der Waals surface area (Å²) in [6.45, 7) is 1.25. The number of benzene rings is 1. The standard InChI is InChI=1S/C9H7O2/c1-7(10)9(11)8-5-3-2-4-6-8/h2-5H,1H3. The summed E-state index contributed by atoms with van der Waals surface area (Å²) in [4.78, 5) is 21.5. The molecular formula is C9H7O2. The van der Waals surface area contributed by atoms with E-state index < -0.39 is 11.6 Å². The Morgan fingerprint density at radius 3 is 2.55 bits per heavy atom. The zero-order valence-electron chi connectivity index (χ0n) is 6.13.